The predicted molar refractivity (Wildman–Crippen MR) is 118 cm³/mol. The van der Waals surface area contributed by atoms with E-state index in [1.807, 2.05) is 31.7 Å². The lowest BCUT2D eigenvalue weighted by molar-refractivity contribution is -0.137. The Hall–Kier alpha value is -1.83. The van der Waals surface area contributed by atoms with E-state index in [0.717, 1.165) is 5.56 Å². The van der Waals surface area contributed by atoms with Gasteiger partial charge in [0, 0.05) is 11.8 Å². The molecule has 5 nitrogen and oxygen atoms in total. The Kier molecular flexibility index (Phi) is 5.49. The lowest BCUT2D eigenvalue weighted by Gasteiger charge is -2.39. The van der Waals surface area contributed by atoms with E-state index in [4.69, 9.17) is 28.2 Å². The Morgan fingerprint density at radius 3 is 2.60 bits per heavy atom. The zero-order valence-corrected chi connectivity index (χ0v) is 18.8. The number of amidine groups is 1. The molecule has 4 rings (SSSR count). The maximum Gasteiger partial charge on any atom is 0.319 e. The molecule has 1 N–H and O–H groups in total. The van der Waals surface area contributed by atoms with Crippen molar-refractivity contribution in [2.24, 2.45) is 10.9 Å². The molecule has 1 saturated heterocycles. The number of thioether (sulfide) groups is 1. The summed E-state index contributed by atoms with van der Waals surface area (Å²) in [6.07, 6.45) is 1.66. The van der Waals surface area contributed by atoms with Crippen LogP contribution in [0.3, 0.4) is 0 Å². The molecule has 0 spiro atoms. The summed E-state index contributed by atoms with van der Waals surface area (Å²) in [5.74, 6) is -1.37. The van der Waals surface area contributed by atoms with Crippen LogP contribution >= 0.6 is 35.0 Å². The number of nitrogens with zero attached hydrogens (tertiary/aromatic N) is 3. The third kappa shape index (κ3) is 3.37. The lowest BCUT2D eigenvalue weighted by Crippen LogP contribution is -2.47. The molecule has 9 heteroatoms. The monoisotopic (exact) mass is 467 g/mol. The summed E-state index contributed by atoms with van der Waals surface area (Å²) in [7, 11) is 0. The molecule has 2 aromatic rings. The zero-order valence-electron chi connectivity index (χ0n) is 16.5. The van der Waals surface area contributed by atoms with Crippen molar-refractivity contribution in [1.29, 1.82) is 0 Å². The van der Waals surface area contributed by atoms with Crippen molar-refractivity contribution >= 4 is 46.1 Å². The summed E-state index contributed by atoms with van der Waals surface area (Å²) in [6, 6.07) is 7.51. The Labute approximate surface area is 188 Å². The molecular formula is C21H20Cl2FN3O2S. The van der Waals surface area contributed by atoms with Crippen molar-refractivity contribution in [2.75, 3.05) is 0 Å². The number of carboxylic acid groups (broad SMARTS) is 1. The van der Waals surface area contributed by atoms with Crippen molar-refractivity contribution in [2.45, 2.75) is 43.6 Å². The van der Waals surface area contributed by atoms with Gasteiger partial charge in [-0.15, -0.1) is 0 Å². The van der Waals surface area contributed by atoms with E-state index in [9.17, 15) is 14.3 Å². The van der Waals surface area contributed by atoms with Crippen LogP contribution in [0.25, 0.3) is 0 Å². The fourth-order valence-electron chi connectivity index (χ4n) is 4.35. The van der Waals surface area contributed by atoms with Crippen molar-refractivity contribution in [3.05, 3.63) is 63.6 Å². The van der Waals surface area contributed by atoms with Crippen LogP contribution < -0.4 is 0 Å². The van der Waals surface area contributed by atoms with Crippen LogP contribution in [-0.2, 0) is 10.3 Å². The highest BCUT2D eigenvalue weighted by molar-refractivity contribution is 8.15. The number of halogens is 3. The van der Waals surface area contributed by atoms with Crippen LogP contribution in [0, 0.1) is 11.7 Å². The standard InChI is InChI=1S/C21H20Cl2FN3O2S/c1-10(2)16-17(19(28)29)30-20-26-21(3,12-5-7-15(23)25-9-12)18(27(16)20)11-4-6-13(22)14(24)8-11/h4-10,16-18H,1-3H3,(H,28,29)/t16?,17?,18-,21+/m1/s1. The van der Waals surface area contributed by atoms with Gasteiger partial charge in [-0.2, -0.15) is 0 Å². The van der Waals surface area contributed by atoms with Crippen molar-refractivity contribution in [3.63, 3.8) is 0 Å². The molecule has 2 unspecified atom stereocenters. The predicted octanol–water partition coefficient (Wildman–Crippen LogP) is 5.38. The molecule has 2 aliphatic rings. The molecule has 0 bridgehead atoms. The Bertz CT molecular complexity index is 1030. The molecule has 30 heavy (non-hydrogen) atoms. The third-order valence-electron chi connectivity index (χ3n) is 5.72. The molecule has 1 aromatic carbocycles. The second kappa shape index (κ2) is 7.70. The van der Waals surface area contributed by atoms with E-state index >= 15 is 0 Å². The van der Waals surface area contributed by atoms with Crippen LogP contribution in [0.15, 0.2) is 41.5 Å². The first kappa shape index (κ1) is 21.4. The second-order valence-electron chi connectivity index (χ2n) is 8.01. The van der Waals surface area contributed by atoms with Crippen LogP contribution in [0.1, 0.15) is 37.9 Å². The number of aromatic nitrogens is 1. The highest BCUT2D eigenvalue weighted by Gasteiger charge is 2.57. The fourth-order valence-corrected chi connectivity index (χ4v) is 6.08. The van der Waals surface area contributed by atoms with E-state index in [1.165, 1.54) is 23.9 Å². The molecule has 0 aliphatic carbocycles. The van der Waals surface area contributed by atoms with Gasteiger partial charge in [0.25, 0.3) is 0 Å². The van der Waals surface area contributed by atoms with Crippen LogP contribution in [0.5, 0.6) is 0 Å². The molecule has 1 fully saturated rings. The van der Waals surface area contributed by atoms with Crippen LogP contribution in [0.2, 0.25) is 10.2 Å². The molecule has 158 valence electrons. The number of aliphatic carboxylic acids is 1. The number of benzene rings is 1. The fraction of sp³-hybridized carbons (Fsp3) is 0.381. The van der Waals surface area contributed by atoms with Gasteiger partial charge in [-0.3, -0.25) is 4.79 Å². The van der Waals surface area contributed by atoms with Gasteiger partial charge in [-0.25, -0.2) is 14.4 Å². The highest BCUT2D eigenvalue weighted by atomic mass is 35.5. The quantitative estimate of drug-likeness (QED) is 0.611. The van der Waals surface area contributed by atoms with Crippen molar-refractivity contribution in [3.8, 4) is 0 Å². The Morgan fingerprint density at radius 1 is 1.30 bits per heavy atom. The average molecular weight is 468 g/mol. The number of fused-ring (bicyclic) bond motifs is 1. The van der Waals surface area contributed by atoms with Crippen molar-refractivity contribution in [1.82, 2.24) is 9.88 Å². The summed E-state index contributed by atoms with van der Waals surface area (Å²) in [5, 5.41) is 10.2. The van der Waals surface area contributed by atoms with Gasteiger partial charge in [0.2, 0.25) is 0 Å². The Morgan fingerprint density at radius 2 is 2.03 bits per heavy atom. The summed E-state index contributed by atoms with van der Waals surface area (Å²) in [4.78, 5) is 23.1. The first-order valence-corrected chi connectivity index (χ1v) is 11.1. The number of aliphatic imine (C=N–C) groups is 1. The number of pyridine rings is 1. The number of hydrogen-bond acceptors (Lipinski definition) is 5. The highest BCUT2D eigenvalue weighted by Crippen LogP contribution is 2.55. The Balaban J connectivity index is 1.91. The third-order valence-corrected chi connectivity index (χ3v) is 7.50. The minimum atomic E-state index is -0.883. The maximum atomic E-state index is 14.4. The molecule has 0 saturated carbocycles. The van der Waals surface area contributed by atoms with Gasteiger partial charge in [-0.1, -0.05) is 60.9 Å². The van der Waals surface area contributed by atoms with Crippen LogP contribution in [0.4, 0.5) is 4.39 Å². The van der Waals surface area contributed by atoms with Crippen LogP contribution in [-0.4, -0.2) is 37.4 Å². The molecule has 3 heterocycles. The summed E-state index contributed by atoms with van der Waals surface area (Å²) >= 11 is 13.1. The van der Waals surface area contributed by atoms with E-state index in [1.54, 1.807) is 18.3 Å². The lowest BCUT2D eigenvalue weighted by atomic mass is 9.81. The average Bonchev–Trinajstić information content (AvgIpc) is 3.17. The molecule has 1 aromatic heterocycles. The summed E-state index contributed by atoms with van der Waals surface area (Å²) < 4.78 is 14.4. The number of carbonyl (C=O) groups is 1. The van der Waals surface area contributed by atoms with E-state index in [-0.39, 0.29) is 17.0 Å². The number of rotatable bonds is 4. The van der Waals surface area contributed by atoms with Gasteiger partial charge in [0.05, 0.1) is 17.1 Å². The van der Waals surface area contributed by atoms with Crippen molar-refractivity contribution < 1.29 is 14.3 Å². The molecule has 4 atom stereocenters. The summed E-state index contributed by atoms with van der Waals surface area (Å²) in [6.45, 7) is 5.93. The molecule has 0 amide bonds. The van der Waals surface area contributed by atoms with Gasteiger partial charge in [0.1, 0.15) is 21.8 Å². The van der Waals surface area contributed by atoms with Gasteiger partial charge >= 0.3 is 5.97 Å². The molecule has 0 radical (unpaired) electrons. The zero-order chi connectivity index (χ0) is 21.8. The van der Waals surface area contributed by atoms with E-state index in [0.29, 0.717) is 15.9 Å². The molecular weight excluding hydrogens is 448 g/mol. The number of carboxylic acids is 1. The minimum Gasteiger partial charge on any atom is -0.480 e. The van der Waals surface area contributed by atoms with E-state index in [2.05, 4.69) is 4.98 Å². The maximum absolute atomic E-state index is 14.4. The first-order valence-electron chi connectivity index (χ1n) is 9.48. The normalized spacial score (nSPS) is 28.0. The first-order chi connectivity index (χ1) is 14.1. The minimum absolute atomic E-state index is 0.0346. The SMILES string of the molecule is CC(C)C1C(C(=O)O)SC2=N[C@@](C)(c3ccc(Cl)nc3)[C@@H](c3ccc(Cl)c(F)c3)N21. The van der Waals surface area contributed by atoms with E-state index < -0.39 is 28.6 Å². The van der Waals surface area contributed by atoms with Gasteiger partial charge in [-0.05, 0) is 36.6 Å². The summed E-state index contributed by atoms with van der Waals surface area (Å²) in [5.41, 5.74) is 0.672. The molecule has 2 aliphatic heterocycles. The number of hydrogen-bond donors (Lipinski definition) is 1. The second-order valence-corrected chi connectivity index (χ2v) is 9.91. The van der Waals surface area contributed by atoms with Gasteiger partial charge < -0.3 is 10.0 Å². The largest absolute Gasteiger partial charge is 0.480 e. The van der Waals surface area contributed by atoms with Gasteiger partial charge in [0.15, 0.2) is 5.17 Å². The smallest absolute Gasteiger partial charge is 0.319 e. The topological polar surface area (TPSA) is 65.8 Å².